The second-order valence-corrected chi connectivity index (χ2v) is 6.66. The van der Waals surface area contributed by atoms with Crippen LogP contribution in [0.5, 0.6) is 0 Å². The topological polar surface area (TPSA) is 107 Å². The minimum atomic E-state index is -4.66. The summed E-state index contributed by atoms with van der Waals surface area (Å²) in [5, 5.41) is 6.21. The third-order valence-electron chi connectivity index (χ3n) is 4.57. The standard InChI is InChI=1S/C19H21F3N4O3/c1-4-10(2)15(17(23)28)24-18(29)16-14(27)9-11(3)26(25-16)13-8-6-5-7-12(13)19(20,21)22/h5-10,15H,4H2,1-3H3,(H2,23,28)(H,24,29). The first-order valence-corrected chi connectivity index (χ1v) is 8.85. The van der Waals surface area contributed by atoms with Gasteiger partial charge in [-0.05, 0) is 25.0 Å². The number of carbonyl (C=O) groups is 2. The molecule has 156 valence electrons. The number of hydrogen-bond donors (Lipinski definition) is 2. The van der Waals surface area contributed by atoms with E-state index >= 15 is 0 Å². The summed E-state index contributed by atoms with van der Waals surface area (Å²) >= 11 is 0. The third kappa shape index (κ3) is 4.82. The van der Waals surface area contributed by atoms with Crippen LogP contribution in [0.2, 0.25) is 0 Å². The van der Waals surface area contributed by atoms with Gasteiger partial charge in [0.2, 0.25) is 11.3 Å². The number of aromatic nitrogens is 2. The number of nitrogens with one attached hydrogen (secondary N) is 1. The molecule has 0 saturated carbocycles. The molecular formula is C19H21F3N4O3. The molecule has 0 aliphatic rings. The largest absolute Gasteiger partial charge is 0.418 e. The van der Waals surface area contributed by atoms with E-state index in [-0.39, 0.29) is 17.3 Å². The van der Waals surface area contributed by atoms with Crippen molar-refractivity contribution in [3.05, 3.63) is 57.5 Å². The molecule has 1 aromatic carbocycles. The SMILES string of the molecule is CCC(C)C(NC(=O)c1nn(-c2ccccc2C(F)(F)F)c(C)cc1=O)C(N)=O. The van der Waals surface area contributed by atoms with E-state index < -0.39 is 40.7 Å². The minimum absolute atomic E-state index is 0.108. The quantitative estimate of drug-likeness (QED) is 0.761. The maximum Gasteiger partial charge on any atom is 0.418 e. The van der Waals surface area contributed by atoms with Crippen molar-refractivity contribution >= 4 is 11.8 Å². The molecule has 29 heavy (non-hydrogen) atoms. The highest BCUT2D eigenvalue weighted by molar-refractivity contribution is 5.95. The van der Waals surface area contributed by atoms with Gasteiger partial charge >= 0.3 is 6.18 Å². The van der Waals surface area contributed by atoms with Gasteiger partial charge in [0.25, 0.3) is 5.91 Å². The Morgan fingerprint density at radius 1 is 1.28 bits per heavy atom. The molecule has 0 aliphatic carbocycles. The van der Waals surface area contributed by atoms with Crippen LogP contribution in [0.15, 0.2) is 35.1 Å². The Kier molecular flexibility index (Phi) is 6.45. The number of primary amides is 1. The molecule has 1 aromatic heterocycles. The van der Waals surface area contributed by atoms with Crippen LogP contribution in [-0.4, -0.2) is 27.6 Å². The van der Waals surface area contributed by atoms with E-state index in [1.807, 2.05) is 0 Å². The lowest BCUT2D eigenvalue weighted by atomic mass is 9.98. The van der Waals surface area contributed by atoms with E-state index in [0.717, 1.165) is 16.8 Å². The highest BCUT2D eigenvalue weighted by Crippen LogP contribution is 2.33. The van der Waals surface area contributed by atoms with Crippen LogP contribution >= 0.6 is 0 Å². The van der Waals surface area contributed by atoms with Crippen LogP contribution in [-0.2, 0) is 11.0 Å². The number of para-hydroxylation sites is 1. The van der Waals surface area contributed by atoms with E-state index in [0.29, 0.717) is 6.42 Å². The molecule has 0 spiro atoms. The Morgan fingerprint density at radius 2 is 1.90 bits per heavy atom. The number of alkyl halides is 3. The summed E-state index contributed by atoms with van der Waals surface area (Å²) in [5.74, 6) is -2.09. The van der Waals surface area contributed by atoms with Crippen molar-refractivity contribution in [2.75, 3.05) is 0 Å². The average molecular weight is 410 g/mol. The lowest BCUT2D eigenvalue weighted by Gasteiger charge is -2.21. The Labute approximate surface area is 164 Å². The van der Waals surface area contributed by atoms with Gasteiger partial charge in [0.05, 0.1) is 11.3 Å². The molecule has 10 heteroatoms. The molecule has 2 aromatic rings. The predicted molar refractivity (Wildman–Crippen MR) is 99.5 cm³/mol. The van der Waals surface area contributed by atoms with Crippen molar-refractivity contribution in [3.8, 4) is 5.69 Å². The van der Waals surface area contributed by atoms with Crippen LogP contribution < -0.4 is 16.5 Å². The first-order valence-electron chi connectivity index (χ1n) is 8.85. The number of nitrogens with zero attached hydrogens (tertiary/aromatic N) is 2. The second kappa shape index (κ2) is 8.46. The molecule has 2 atom stereocenters. The summed E-state index contributed by atoms with van der Waals surface area (Å²) in [4.78, 5) is 36.5. The molecule has 2 unspecified atom stereocenters. The molecule has 0 fully saturated rings. The Balaban J connectivity index is 2.55. The van der Waals surface area contributed by atoms with Crippen molar-refractivity contribution < 1.29 is 22.8 Å². The van der Waals surface area contributed by atoms with Crippen LogP contribution in [0.1, 0.15) is 42.0 Å². The summed E-state index contributed by atoms with van der Waals surface area (Å²) in [5.41, 5.74) is 2.69. The molecule has 0 saturated heterocycles. The third-order valence-corrected chi connectivity index (χ3v) is 4.57. The van der Waals surface area contributed by atoms with Crippen molar-refractivity contribution in [1.82, 2.24) is 15.1 Å². The number of rotatable bonds is 6. The monoisotopic (exact) mass is 410 g/mol. The van der Waals surface area contributed by atoms with Crippen LogP contribution in [0, 0.1) is 12.8 Å². The van der Waals surface area contributed by atoms with Crippen molar-refractivity contribution in [2.45, 2.75) is 39.4 Å². The van der Waals surface area contributed by atoms with Gasteiger partial charge in [-0.25, -0.2) is 4.68 Å². The normalized spacial score (nSPS) is 13.6. The van der Waals surface area contributed by atoms with E-state index in [1.54, 1.807) is 13.8 Å². The lowest BCUT2D eigenvalue weighted by molar-refractivity contribution is -0.137. The molecule has 0 aliphatic heterocycles. The number of carbonyl (C=O) groups excluding carboxylic acids is 2. The fourth-order valence-corrected chi connectivity index (χ4v) is 2.79. The molecule has 0 radical (unpaired) electrons. The van der Waals surface area contributed by atoms with Gasteiger partial charge in [0.1, 0.15) is 6.04 Å². The maximum absolute atomic E-state index is 13.4. The van der Waals surface area contributed by atoms with E-state index in [2.05, 4.69) is 10.4 Å². The zero-order valence-electron chi connectivity index (χ0n) is 16.1. The number of amides is 2. The summed E-state index contributed by atoms with van der Waals surface area (Å²) in [6, 6.07) is 4.63. The first-order chi connectivity index (χ1) is 13.5. The predicted octanol–water partition coefficient (Wildman–Crippen LogP) is 2.19. The van der Waals surface area contributed by atoms with E-state index in [4.69, 9.17) is 5.73 Å². The van der Waals surface area contributed by atoms with Gasteiger partial charge in [0.15, 0.2) is 5.69 Å². The minimum Gasteiger partial charge on any atom is -0.368 e. The Hall–Kier alpha value is -3.17. The van der Waals surface area contributed by atoms with Gasteiger partial charge in [-0.1, -0.05) is 32.4 Å². The Bertz CT molecular complexity index is 985. The van der Waals surface area contributed by atoms with Crippen LogP contribution in [0.4, 0.5) is 13.2 Å². The lowest BCUT2D eigenvalue weighted by Crippen LogP contribution is -2.49. The average Bonchev–Trinajstić information content (AvgIpc) is 2.64. The summed E-state index contributed by atoms with van der Waals surface area (Å²) in [7, 11) is 0. The fraction of sp³-hybridized carbons (Fsp3) is 0.368. The van der Waals surface area contributed by atoms with Gasteiger partial charge in [-0.15, -0.1) is 0 Å². The first kappa shape index (κ1) is 22.1. The number of hydrogen-bond acceptors (Lipinski definition) is 4. The molecule has 2 amide bonds. The van der Waals surface area contributed by atoms with E-state index in [9.17, 15) is 27.6 Å². The van der Waals surface area contributed by atoms with Crippen LogP contribution in [0.3, 0.4) is 0 Å². The van der Waals surface area contributed by atoms with Crippen molar-refractivity contribution in [3.63, 3.8) is 0 Å². The summed E-state index contributed by atoms with van der Waals surface area (Å²) < 4.78 is 41.0. The summed E-state index contributed by atoms with van der Waals surface area (Å²) in [6.07, 6.45) is -4.14. The van der Waals surface area contributed by atoms with Gasteiger partial charge in [0, 0.05) is 11.8 Å². The highest BCUT2D eigenvalue weighted by atomic mass is 19.4. The smallest absolute Gasteiger partial charge is 0.368 e. The highest BCUT2D eigenvalue weighted by Gasteiger charge is 2.34. The number of nitrogens with two attached hydrogens (primary N) is 1. The fourth-order valence-electron chi connectivity index (χ4n) is 2.79. The molecule has 2 rings (SSSR count). The van der Waals surface area contributed by atoms with Gasteiger partial charge < -0.3 is 11.1 Å². The zero-order valence-corrected chi connectivity index (χ0v) is 16.1. The van der Waals surface area contributed by atoms with Crippen LogP contribution in [0.25, 0.3) is 5.69 Å². The molecule has 7 nitrogen and oxygen atoms in total. The molecule has 1 heterocycles. The van der Waals surface area contributed by atoms with Gasteiger partial charge in [-0.3, -0.25) is 14.4 Å². The molecular weight excluding hydrogens is 389 g/mol. The van der Waals surface area contributed by atoms with Gasteiger partial charge in [-0.2, -0.15) is 18.3 Å². The Morgan fingerprint density at radius 3 is 2.45 bits per heavy atom. The van der Waals surface area contributed by atoms with Crippen molar-refractivity contribution in [2.24, 2.45) is 11.7 Å². The number of halogens is 3. The second-order valence-electron chi connectivity index (χ2n) is 6.66. The van der Waals surface area contributed by atoms with E-state index in [1.165, 1.54) is 25.1 Å². The maximum atomic E-state index is 13.4. The van der Waals surface area contributed by atoms with Crippen molar-refractivity contribution in [1.29, 1.82) is 0 Å². The number of aryl methyl sites for hydroxylation is 1. The molecule has 3 N–H and O–H groups in total. The number of benzene rings is 1. The summed E-state index contributed by atoms with van der Waals surface area (Å²) in [6.45, 7) is 4.88. The molecule has 0 bridgehead atoms. The zero-order chi connectivity index (χ0) is 21.9.